The summed E-state index contributed by atoms with van der Waals surface area (Å²) in [6.07, 6.45) is 2.14. The molecule has 0 saturated carbocycles. The second kappa shape index (κ2) is 4.77. The maximum atomic E-state index is 4.39. The fraction of sp³-hybridized carbons (Fsp3) is 0.364. The minimum absolute atomic E-state index is 0.236. The number of aliphatic imine (C=N–C) groups is 1. The SMILES string of the molecule is CC(/N=C/c1ccccc1)N(C)C. The largest absolute Gasteiger partial charge is 0.288 e. The molecule has 70 valence electrons. The molecule has 0 N–H and O–H groups in total. The molecule has 1 rings (SSSR count). The fourth-order valence-corrected chi connectivity index (χ4v) is 0.866. The summed E-state index contributed by atoms with van der Waals surface area (Å²) in [5, 5.41) is 0. The Kier molecular flexibility index (Phi) is 3.65. The van der Waals surface area contributed by atoms with E-state index >= 15 is 0 Å². The zero-order valence-electron chi connectivity index (χ0n) is 8.44. The van der Waals surface area contributed by atoms with Gasteiger partial charge in [0.1, 0.15) is 0 Å². The van der Waals surface area contributed by atoms with Crippen LogP contribution < -0.4 is 0 Å². The Bertz CT molecular complexity index is 265. The van der Waals surface area contributed by atoms with Gasteiger partial charge in [0.2, 0.25) is 0 Å². The molecule has 0 saturated heterocycles. The van der Waals surface area contributed by atoms with Crippen molar-refractivity contribution in [3.63, 3.8) is 0 Å². The number of nitrogens with zero attached hydrogens (tertiary/aromatic N) is 2. The standard InChI is InChI=1S/C11H16N2/c1-10(13(2)3)12-9-11-7-5-4-6-8-11/h4-10H,1-3H3/b12-9+. The monoisotopic (exact) mass is 176 g/mol. The van der Waals surface area contributed by atoms with E-state index < -0.39 is 0 Å². The molecule has 0 amide bonds. The molecule has 1 aromatic rings. The Hall–Kier alpha value is -1.15. The van der Waals surface area contributed by atoms with Gasteiger partial charge in [0, 0.05) is 6.21 Å². The van der Waals surface area contributed by atoms with Crippen molar-refractivity contribution < 1.29 is 0 Å². The van der Waals surface area contributed by atoms with E-state index in [-0.39, 0.29) is 6.17 Å². The summed E-state index contributed by atoms with van der Waals surface area (Å²) in [6, 6.07) is 10.1. The van der Waals surface area contributed by atoms with Crippen molar-refractivity contribution >= 4 is 6.21 Å². The predicted octanol–water partition coefficient (Wildman–Crippen LogP) is 2.01. The van der Waals surface area contributed by atoms with Crippen LogP contribution in [0.1, 0.15) is 12.5 Å². The normalized spacial score (nSPS) is 13.8. The number of hydrogen-bond acceptors (Lipinski definition) is 2. The summed E-state index contributed by atoms with van der Waals surface area (Å²) in [6.45, 7) is 2.07. The molecule has 1 unspecified atom stereocenters. The number of hydrogen-bond donors (Lipinski definition) is 0. The summed E-state index contributed by atoms with van der Waals surface area (Å²) >= 11 is 0. The molecule has 0 aromatic heterocycles. The summed E-state index contributed by atoms with van der Waals surface area (Å²) in [5.74, 6) is 0. The Morgan fingerprint density at radius 2 is 1.85 bits per heavy atom. The zero-order chi connectivity index (χ0) is 9.68. The predicted molar refractivity (Wildman–Crippen MR) is 57.2 cm³/mol. The molecule has 0 aliphatic heterocycles. The molecular weight excluding hydrogens is 160 g/mol. The molecule has 0 aliphatic carbocycles. The van der Waals surface area contributed by atoms with E-state index in [4.69, 9.17) is 0 Å². The van der Waals surface area contributed by atoms with Crippen LogP contribution in [0.2, 0.25) is 0 Å². The van der Waals surface area contributed by atoms with Gasteiger partial charge < -0.3 is 0 Å². The number of rotatable bonds is 3. The van der Waals surface area contributed by atoms with E-state index in [0.717, 1.165) is 5.56 Å². The van der Waals surface area contributed by atoms with E-state index in [9.17, 15) is 0 Å². The van der Waals surface area contributed by atoms with Crippen molar-refractivity contribution in [1.82, 2.24) is 4.90 Å². The van der Waals surface area contributed by atoms with Gasteiger partial charge in [-0.2, -0.15) is 0 Å². The highest BCUT2D eigenvalue weighted by Gasteiger charge is 1.97. The lowest BCUT2D eigenvalue weighted by Crippen LogP contribution is -2.22. The van der Waals surface area contributed by atoms with Crippen molar-refractivity contribution in [2.45, 2.75) is 13.1 Å². The molecule has 13 heavy (non-hydrogen) atoms. The van der Waals surface area contributed by atoms with Gasteiger partial charge in [0.25, 0.3) is 0 Å². The zero-order valence-corrected chi connectivity index (χ0v) is 8.44. The van der Waals surface area contributed by atoms with Crippen molar-refractivity contribution in [3.05, 3.63) is 35.9 Å². The Labute approximate surface area is 79.9 Å². The first-order valence-electron chi connectivity index (χ1n) is 4.45. The highest BCUT2D eigenvalue weighted by Crippen LogP contribution is 1.97. The van der Waals surface area contributed by atoms with Crippen LogP contribution in [0.4, 0.5) is 0 Å². The maximum absolute atomic E-state index is 4.39. The molecule has 0 fully saturated rings. The first-order chi connectivity index (χ1) is 6.20. The fourth-order valence-electron chi connectivity index (χ4n) is 0.866. The topological polar surface area (TPSA) is 15.6 Å². The molecule has 1 atom stereocenters. The Balaban J connectivity index is 2.59. The van der Waals surface area contributed by atoms with Crippen LogP contribution in [0, 0.1) is 0 Å². The smallest absolute Gasteiger partial charge is 0.0985 e. The van der Waals surface area contributed by atoms with E-state index in [1.54, 1.807) is 0 Å². The van der Waals surface area contributed by atoms with E-state index in [1.807, 2.05) is 50.6 Å². The maximum Gasteiger partial charge on any atom is 0.0985 e. The third kappa shape index (κ3) is 3.38. The molecule has 0 aliphatic rings. The number of benzene rings is 1. The van der Waals surface area contributed by atoms with Gasteiger partial charge in [-0.25, -0.2) is 0 Å². The summed E-state index contributed by atoms with van der Waals surface area (Å²) in [4.78, 5) is 6.46. The van der Waals surface area contributed by atoms with Crippen LogP contribution in [0.15, 0.2) is 35.3 Å². The lowest BCUT2D eigenvalue weighted by Gasteiger charge is -2.14. The Morgan fingerprint density at radius 3 is 2.38 bits per heavy atom. The average Bonchev–Trinajstić information content (AvgIpc) is 2.15. The van der Waals surface area contributed by atoms with Crippen molar-refractivity contribution in [2.75, 3.05) is 14.1 Å². The van der Waals surface area contributed by atoms with E-state index in [0.29, 0.717) is 0 Å². The molecule has 0 heterocycles. The molecule has 0 spiro atoms. The second-order valence-electron chi connectivity index (χ2n) is 3.28. The van der Waals surface area contributed by atoms with Gasteiger partial charge >= 0.3 is 0 Å². The summed E-state index contributed by atoms with van der Waals surface area (Å²) < 4.78 is 0. The van der Waals surface area contributed by atoms with Gasteiger partial charge in [-0.3, -0.25) is 9.89 Å². The lowest BCUT2D eigenvalue weighted by atomic mass is 10.2. The minimum Gasteiger partial charge on any atom is -0.288 e. The van der Waals surface area contributed by atoms with Crippen molar-refractivity contribution in [3.8, 4) is 0 Å². The molecule has 1 aromatic carbocycles. The van der Waals surface area contributed by atoms with Crippen LogP contribution >= 0.6 is 0 Å². The molecule has 2 heteroatoms. The van der Waals surface area contributed by atoms with Crippen molar-refractivity contribution in [1.29, 1.82) is 0 Å². The first kappa shape index (κ1) is 9.93. The van der Waals surface area contributed by atoms with Crippen LogP contribution in [-0.4, -0.2) is 31.4 Å². The minimum atomic E-state index is 0.236. The third-order valence-corrected chi connectivity index (χ3v) is 1.99. The average molecular weight is 176 g/mol. The van der Waals surface area contributed by atoms with Gasteiger partial charge in [-0.1, -0.05) is 30.3 Å². The van der Waals surface area contributed by atoms with E-state index in [2.05, 4.69) is 16.8 Å². The molecule has 0 bridgehead atoms. The molecule has 2 nitrogen and oxygen atoms in total. The van der Waals surface area contributed by atoms with Crippen molar-refractivity contribution in [2.24, 2.45) is 4.99 Å². The lowest BCUT2D eigenvalue weighted by molar-refractivity contribution is 0.325. The van der Waals surface area contributed by atoms with Crippen LogP contribution in [0.3, 0.4) is 0 Å². The Morgan fingerprint density at radius 1 is 1.23 bits per heavy atom. The van der Waals surface area contributed by atoms with E-state index in [1.165, 1.54) is 0 Å². The third-order valence-electron chi connectivity index (χ3n) is 1.99. The summed E-state index contributed by atoms with van der Waals surface area (Å²) in [5.41, 5.74) is 1.15. The van der Waals surface area contributed by atoms with Gasteiger partial charge in [-0.15, -0.1) is 0 Å². The van der Waals surface area contributed by atoms with Gasteiger partial charge in [0.15, 0.2) is 0 Å². The van der Waals surface area contributed by atoms with Crippen LogP contribution in [0.25, 0.3) is 0 Å². The van der Waals surface area contributed by atoms with Gasteiger partial charge in [-0.05, 0) is 26.6 Å². The summed E-state index contributed by atoms with van der Waals surface area (Å²) in [7, 11) is 4.04. The molecule has 0 radical (unpaired) electrons. The highest BCUT2D eigenvalue weighted by molar-refractivity contribution is 5.79. The first-order valence-corrected chi connectivity index (χ1v) is 4.45. The van der Waals surface area contributed by atoms with Crippen LogP contribution in [-0.2, 0) is 0 Å². The highest BCUT2D eigenvalue weighted by atomic mass is 15.2. The molecular formula is C11H16N2. The second-order valence-corrected chi connectivity index (χ2v) is 3.28. The van der Waals surface area contributed by atoms with Gasteiger partial charge in [0.05, 0.1) is 6.17 Å². The van der Waals surface area contributed by atoms with Crippen LogP contribution in [0.5, 0.6) is 0 Å². The quantitative estimate of drug-likeness (QED) is 0.643.